The molecule has 0 atom stereocenters. The maximum atomic E-state index is 13.8. The van der Waals surface area contributed by atoms with Crippen molar-refractivity contribution in [2.24, 2.45) is 11.3 Å². The summed E-state index contributed by atoms with van der Waals surface area (Å²) in [5.74, 6) is 5.19. The van der Waals surface area contributed by atoms with Gasteiger partial charge in [-0.3, -0.25) is 38.6 Å². The summed E-state index contributed by atoms with van der Waals surface area (Å²) in [6.07, 6.45) is 6.20. The standard InChI is InChI=1S/C76H107N5O18S6/c1-74(2,61-20-37-94-38-21-61)68(85)58-8-14-62(15-9-58)103-55-46-91-34-5-49-100-52-22-65(82)97-43-31-79-71(88)80(32-44-98-66(83)23-53-101-50-6-35-92-47-56-104-63-16-10-59(11-17-63)69(86)75(3,4)77-27-39-95-40-28-77)73(90)81(72(79)89)33-45-99-67(84)24-54-102-51-7-36-93-48-57-105-64-18-12-60(13-19-64)70(87)76(25-26-76)78-29-41-96-42-30-78/h8-19,61H,5-7,20-57H2,1-4H3. The molecule has 0 bridgehead atoms. The van der Waals surface area contributed by atoms with Crippen molar-refractivity contribution < 1.29 is 71.4 Å². The van der Waals surface area contributed by atoms with Gasteiger partial charge in [0.15, 0.2) is 17.3 Å². The predicted octanol–water partition coefficient (Wildman–Crippen LogP) is 9.74. The lowest BCUT2D eigenvalue weighted by Gasteiger charge is -2.39. The van der Waals surface area contributed by atoms with Crippen molar-refractivity contribution >= 4 is 106 Å². The molecule has 0 unspecified atom stereocenters. The van der Waals surface area contributed by atoms with Crippen LogP contribution >= 0.6 is 70.6 Å². The molecule has 0 N–H and O–H groups in total. The van der Waals surface area contributed by atoms with E-state index in [1.165, 1.54) is 0 Å². The van der Waals surface area contributed by atoms with Crippen molar-refractivity contribution in [1.29, 1.82) is 0 Å². The van der Waals surface area contributed by atoms with E-state index in [1.54, 1.807) is 70.6 Å². The fourth-order valence-corrected chi connectivity index (χ4v) is 17.3. The van der Waals surface area contributed by atoms with Gasteiger partial charge in [0.1, 0.15) is 19.8 Å². The first-order valence-corrected chi connectivity index (χ1v) is 43.3. The highest BCUT2D eigenvalue weighted by Gasteiger charge is 2.54. The fourth-order valence-electron chi connectivity index (χ4n) is 12.5. The highest BCUT2D eigenvalue weighted by Crippen LogP contribution is 2.45. The zero-order chi connectivity index (χ0) is 74.7. The molecule has 4 fully saturated rings. The van der Waals surface area contributed by atoms with Crippen LogP contribution in [0.3, 0.4) is 0 Å². The van der Waals surface area contributed by atoms with E-state index >= 15 is 0 Å². The number of hydrogen-bond acceptors (Lipinski definition) is 26. The summed E-state index contributed by atoms with van der Waals surface area (Å²) >= 11 is 9.73. The first-order valence-electron chi connectivity index (χ1n) is 36.8. The first kappa shape index (κ1) is 85.9. The second-order valence-electron chi connectivity index (χ2n) is 27.0. The number of aromatic nitrogens is 3. The van der Waals surface area contributed by atoms with Gasteiger partial charge >= 0.3 is 35.0 Å². The second kappa shape index (κ2) is 46.1. The number of benzene rings is 3. The summed E-state index contributed by atoms with van der Waals surface area (Å²) in [7, 11) is 0. The summed E-state index contributed by atoms with van der Waals surface area (Å²) in [6, 6.07) is 23.4. The highest BCUT2D eigenvalue weighted by atomic mass is 32.2. The first-order chi connectivity index (χ1) is 50.9. The largest absolute Gasteiger partial charge is 0.464 e. The second-order valence-corrected chi connectivity index (χ2v) is 34.1. The Balaban J connectivity index is 0.696. The topological polar surface area (TPSA) is 258 Å². The summed E-state index contributed by atoms with van der Waals surface area (Å²) in [6.45, 7) is 16.3. The lowest BCUT2D eigenvalue weighted by molar-refractivity contribution is -0.144. The molecule has 1 aliphatic carbocycles. The van der Waals surface area contributed by atoms with Crippen molar-refractivity contribution in [3.8, 4) is 0 Å². The van der Waals surface area contributed by atoms with Crippen LogP contribution in [0, 0.1) is 11.3 Å². The van der Waals surface area contributed by atoms with Crippen LogP contribution < -0.4 is 17.1 Å². The van der Waals surface area contributed by atoms with E-state index in [-0.39, 0.29) is 81.6 Å². The minimum Gasteiger partial charge on any atom is -0.464 e. The van der Waals surface area contributed by atoms with Crippen molar-refractivity contribution in [3.63, 3.8) is 0 Å². The SMILES string of the molecule is CC(C)(C(=O)c1ccc(SCCOCCCSCCC(=O)OCCn2c(=O)n(CCOC(=O)CCSCCCOCCSc3ccc(C(=O)C(C)(C)N4CCOCC4)cc3)c(=O)n(CCOC(=O)CCSCCCOCCSc3ccc(C(=O)C4(N5CCOCC5)CC4)cc3)c2=O)cc1)C1CCOCC1. The molecular formula is C76H107N5O18S6. The molecular weight excluding hydrogens is 1460 g/mol. The molecule has 3 aliphatic heterocycles. The molecule has 4 aliphatic rings. The number of morpholine rings is 2. The maximum absolute atomic E-state index is 13.8. The Bertz CT molecular complexity index is 3160. The van der Waals surface area contributed by atoms with Crippen molar-refractivity contribution in [3.05, 3.63) is 121 Å². The summed E-state index contributed by atoms with van der Waals surface area (Å²) in [4.78, 5) is 128. The summed E-state index contributed by atoms with van der Waals surface area (Å²) in [5.41, 5.74) is -2.17. The van der Waals surface area contributed by atoms with Gasteiger partial charge in [-0.2, -0.15) is 35.3 Å². The van der Waals surface area contributed by atoms with Crippen LogP contribution in [0.2, 0.25) is 0 Å². The van der Waals surface area contributed by atoms with Gasteiger partial charge < -0.3 is 42.6 Å². The van der Waals surface area contributed by atoms with Gasteiger partial charge in [-0.05, 0) is 118 Å². The Morgan fingerprint density at radius 1 is 0.429 bits per heavy atom. The Labute approximate surface area is 643 Å². The minimum absolute atomic E-state index is 0.0890. The molecule has 3 aromatic carbocycles. The Kier molecular flexibility index (Phi) is 37.7. The number of ether oxygens (including phenoxy) is 9. The van der Waals surface area contributed by atoms with Gasteiger partial charge in [-0.15, -0.1) is 35.3 Å². The number of carbonyl (C=O) groups excluding carboxylic acids is 6. The molecule has 0 amide bonds. The lowest BCUT2D eigenvalue weighted by Crippen LogP contribution is -2.55. The number of carbonyl (C=O) groups is 6. The molecule has 29 heteroatoms. The molecule has 23 nitrogen and oxygen atoms in total. The van der Waals surface area contributed by atoms with Gasteiger partial charge in [0.25, 0.3) is 0 Å². The summed E-state index contributed by atoms with van der Waals surface area (Å²) < 4.78 is 52.7. The molecule has 1 saturated carbocycles. The number of rotatable bonds is 51. The van der Waals surface area contributed by atoms with Gasteiger partial charge in [0.2, 0.25) is 0 Å². The van der Waals surface area contributed by atoms with Crippen molar-refractivity contribution in [2.45, 2.75) is 137 Å². The van der Waals surface area contributed by atoms with E-state index in [0.29, 0.717) is 108 Å². The molecule has 3 saturated heterocycles. The van der Waals surface area contributed by atoms with Crippen LogP contribution in [0.1, 0.15) is 123 Å². The number of ketones is 3. The third-order valence-corrected chi connectivity index (χ3v) is 25.1. The smallest absolute Gasteiger partial charge is 0.336 e. The molecule has 8 rings (SSSR count). The van der Waals surface area contributed by atoms with Crippen molar-refractivity contribution in [2.75, 3.05) is 177 Å². The van der Waals surface area contributed by atoms with Crippen LogP contribution in [-0.4, -0.2) is 247 Å². The number of nitrogens with zero attached hydrogens (tertiary/aromatic N) is 5. The molecule has 0 spiro atoms. The van der Waals surface area contributed by atoms with Crippen LogP contribution in [0.25, 0.3) is 0 Å². The van der Waals surface area contributed by atoms with E-state index in [0.717, 1.165) is 145 Å². The average molecular weight is 1570 g/mol. The van der Waals surface area contributed by atoms with Crippen molar-refractivity contribution in [1.82, 2.24) is 23.5 Å². The highest BCUT2D eigenvalue weighted by molar-refractivity contribution is 8.00. The fraction of sp³-hybridized carbons (Fsp3) is 0.645. The van der Waals surface area contributed by atoms with Gasteiger partial charge in [-0.25, -0.2) is 28.1 Å². The van der Waals surface area contributed by atoms with Crippen LogP contribution in [0.15, 0.2) is 102 Å². The molecule has 4 aromatic rings. The number of hydrogen-bond donors (Lipinski definition) is 0. The van der Waals surface area contributed by atoms with Crippen LogP contribution in [0.5, 0.6) is 0 Å². The molecule has 0 radical (unpaired) electrons. The Morgan fingerprint density at radius 3 is 1.16 bits per heavy atom. The third kappa shape index (κ3) is 28.0. The number of Topliss-reactive ketones (excluding diaryl/α,β-unsaturated/α-hetero) is 3. The molecule has 580 valence electrons. The lowest BCUT2D eigenvalue weighted by atomic mass is 9.70. The molecule has 105 heavy (non-hydrogen) atoms. The van der Waals surface area contributed by atoms with Gasteiger partial charge in [0.05, 0.1) is 96.2 Å². The molecule has 4 heterocycles. The normalized spacial score (nSPS) is 15.9. The van der Waals surface area contributed by atoms with Gasteiger partial charge in [-0.1, -0.05) is 50.2 Å². The molecule has 1 aromatic heterocycles. The van der Waals surface area contributed by atoms with E-state index in [1.807, 2.05) is 100 Å². The van der Waals surface area contributed by atoms with E-state index in [4.69, 9.17) is 42.6 Å². The van der Waals surface area contributed by atoms with E-state index in [2.05, 4.69) is 9.80 Å². The minimum atomic E-state index is -0.972. The quantitative estimate of drug-likeness (QED) is 0.0131. The number of thioether (sulfide) groups is 6. The zero-order valence-corrected chi connectivity index (χ0v) is 66.4. The summed E-state index contributed by atoms with van der Waals surface area (Å²) in [5, 5.41) is 0. The Morgan fingerprint density at radius 2 is 0.781 bits per heavy atom. The zero-order valence-electron chi connectivity index (χ0n) is 61.5. The van der Waals surface area contributed by atoms with Gasteiger partial charge in [0, 0.05) is 131 Å². The van der Waals surface area contributed by atoms with E-state index < -0.39 is 45.9 Å². The van der Waals surface area contributed by atoms with E-state index in [9.17, 15) is 43.2 Å². The number of esters is 3. The predicted molar refractivity (Wildman–Crippen MR) is 417 cm³/mol. The maximum Gasteiger partial charge on any atom is 0.336 e. The third-order valence-electron chi connectivity index (χ3n) is 19.0. The van der Waals surface area contributed by atoms with Crippen LogP contribution in [0.4, 0.5) is 0 Å². The monoisotopic (exact) mass is 1570 g/mol. The Hall–Kier alpha value is -4.73. The average Bonchev–Trinajstić information content (AvgIpc) is 1.60. The van der Waals surface area contributed by atoms with Crippen LogP contribution in [-0.2, 0) is 76.6 Å².